The van der Waals surface area contributed by atoms with Crippen molar-refractivity contribution in [3.8, 4) is 17.2 Å². The first-order valence-corrected chi connectivity index (χ1v) is 10.9. The van der Waals surface area contributed by atoms with Crippen LogP contribution in [0, 0.1) is 5.92 Å². The van der Waals surface area contributed by atoms with Gasteiger partial charge in [-0.2, -0.15) is 0 Å². The zero-order chi connectivity index (χ0) is 22.2. The fraction of sp³-hybridized carbons (Fsp3) is 0.480. The van der Waals surface area contributed by atoms with Gasteiger partial charge in [0.25, 0.3) is 0 Å². The van der Waals surface area contributed by atoms with Crippen molar-refractivity contribution in [3.63, 3.8) is 0 Å². The van der Waals surface area contributed by atoms with E-state index in [1.807, 2.05) is 30.3 Å². The second-order valence-corrected chi connectivity index (χ2v) is 8.13. The van der Waals surface area contributed by atoms with Crippen LogP contribution in [0.15, 0.2) is 42.5 Å². The molecule has 1 amide bonds. The van der Waals surface area contributed by atoms with Crippen LogP contribution in [0.4, 0.5) is 0 Å². The van der Waals surface area contributed by atoms with Crippen LogP contribution in [-0.4, -0.2) is 52.3 Å². The Labute approximate surface area is 185 Å². The summed E-state index contributed by atoms with van der Waals surface area (Å²) >= 11 is 0. The minimum absolute atomic E-state index is 0.0727. The van der Waals surface area contributed by atoms with Gasteiger partial charge in [0.05, 0.1) is 21.3 Å². The van der Waals surface area contributed by atoms with Gasteiger partial charge < -0.3 is 19.5 Å². The number of nitrogens with one attached hydrogen (secondary N) is 1. The van der Waals surface area contributed by atoms with E-state index in [0.717, 1.165) is 42.2 Å². The predicted molar refractivity (Wildman–Crippen MR) is 122 cm³/mol. The number of likely N-dealkylation sites (tertiary alicyclic amines) is 1. The van der Waals surface area contributed by atoms with Crippen LogP contribution in [0.1, 0.15) is 36.4 Å². The lowest BCUT2D eigenvalue weighted by molar-refractivity contribution is -0.121. The number of hydrogen-bond acceptors (Lipinski definition) is 5. The average molecular weight is 427 g/mol. The Hall–Kier alpha value is -2.73. The molecular formula is C25H34N2O4. The van der Waals surface area contributed by atoms with Crippen molar-refractivity contribution in [1.82, 2.24) is 10.2 Å². The summed E-state index contributed by atoms with van der Waals surface area (Å²) in [6.07, 6.45) is 3.33. The van der Waals surface area contributed by atoms with E-state index in [-0.39, 0.29) is 5.91 Å². The molecule has 2 unspecified atom stereocenters. The molecule has 0 aliphatic carbocycles. The molecule has 6 heteroatoms. The third kappa shape index (κ3) is 6.14. The topological polar surface area (TPSA) is 60.0 Å². The number of nitrogens with zero attached hydrogens (tertiary/aromatic N) is 1. The second kappa shape index (κ2) is 11.0. The molecule has 0 spiro atoms. The van der Waals surface area contributed by atoms with E-state index in [0.29, 0.717) is 31.3 Å². The van der Waals surface area contributed by atoms with Crippen molar-refractivity contribution in [2.24, 2.45) is 5.92 Å². The molecule has 1 saturated heterocycles. The Morgan fingerprint density at radius 2 is 1.65 bits per heavy atom. The summed E-state index contributed by atoms with van der Waals surface area (Å²) in [5.74, 6) is 2.79. The number of methoxy groups -OCH3 is 3. The summed E-state index contributed by atoms with van der Waals surface area (Å²) in [6.45, 7) is 1.75. The molecule has 0 bridgehead atoms. The summed E-state index contributed by atoms with van der Waals surface area (Å²) < 4.78 is 15.9. The highest BCUT2D eigenvalue weighted by Crippen LogP contribution is 2.35. The molecule has 1 aliphatic rings. The lowest BCUT2D eigenvalue weighted by Crippen LogP contribution is -2.41. The highest BCUT2D eigenvalue weighted by molar-refractivity contribution is 5.76. The van der Waals surface area contributed by atoms with Gasteiger partial charge in [0.15, 0.2) is 0 Å². The Kier molecular flexibility index (Phi) is 8.18. The van der Waals surface area contributed by atoms with Crippen LogP contribution in [0.2, 0.25) is 0 Å². The highest BCUT2D eigenvalue weighted by atomic mass is 16.5. The summed E-state index contributed by atoms with van der Waals surface area (Å²) in [4.78, 5) is 15.0. The second-order valence-electron chi connectivity index (χ2n) is 8.13. The minimum Gasteiger partial charge on any atom is -0.497 e. The normalized spacial score (nSPS) is 19.0. The Morgan fingerprint density at radius 3 is 2.26 bits per heavy atom. The molecule has 1 aliphatic heterocycles. The highest BCUT2D eigenvalue weighted by Gasteiger charge is 2.30. The quantitative estimate of drug-likeness (QED) is 0.660. The van der Waals surface area contributed by atoms with Gasteiger partial charge in [-0.15, -0.1) is 0 Å². The maximum Gasteiger partial charge on any atom is 0.220 e. The Morgan fingerprint density at radius 1 is 1.00 bits per heavy atom. The monoisotopic (exact) mass is 426 g/mol. The number of benzene rings is 2. The van der Waals surface area contributed by atoms with Crippen molar-refractivity contribution < 1.29 is 19.0 Å². The molecule has 2 atom stereocenters. The summed E-state index contributed by atoms with van der Waals surface area (Å²) in [7, 11) is 7.11. The first kappa shape index (κ1) is 22.9. The fourth-order valence-corrected chi connectivity index (χ4v) is 4.40. The van der Waals surface area contributed by atoms with Crippen molar-refractivity contribution in [1.29, 1.82) is 0 Å². The minimum atomic E-state index is 0.0727. The van der Waals surface area contributed by atoms with E-state index in [2.05, 4.69) is 29.4 Å². The molecule has 2 aromatic rings. The number of piperidine rings is 1. The molecule has 0 aromatic heterocycles. The molecule has 168 valence electrons. The van der Waals surface area contributed by atoms with E-state index in [9.17, 15) is 4.79 Å². The molecule has 1 fully saturated rings. The summed E-state index contributed by atoms with van der Waals surface area (Å²) in [5.41, 5.74) is 2.30. The van der Waals surface area contributed by atoms with Gasteiger partial charge in [-0.25, -0.2) is 0 Å². The first-order chi connectivity index (χ1) is 15.0. The SMILES string of the molecule is COc1ccc(C2C(CNC(=O)CCc3cc(OC)cc(OC)c3)CCCN2C)cc1. The molecule has 3 rings (SSSR count). The van der Waals surface area contributed by atoms with Crippen LogP contribution in [0.5, 0.6) is 17.2 Å². The van der Waals surface area contributed by atoms with Crippen molar-refractivity contribution >= 4 is 5.91 Å². The molecule has 2 aromatic carbocycles. The number of amides is 1. The van der Waals surface area contributed by atoms with Crippen LogP contribution < -0.4 is 19.5 Å². The summed E-state index contributed by atoms with van der Waals surface area (Å²) in [5, 5.41) is 3.17. The Balaban J connectivity index is 1.57. The zero-order valence-electron chi connectivity index (χ0n) is 19.0. The van der Waals surface area contributed by atoms with Crippen molar-refractivity contribution in [2.45, 2.75) is 31.7 Å². The van der Waals surface area contributed by atoms with E-state index in [1.165, 1.54) is 5.56 Å². The van der Waals surface area contributed by atoms with Crippen LogP contribution in [0.25, 0.3) is 0 Å². The van der Waals surface area contributed by atoms with Crippen LogP contribution >= 0.6 is 0 Å². The van der Waals surface area contributed by atoms with Gasteiger partial charge in [-0.3, -0.25) is 9.69 Å². The van der Waals surface area contributed by atoms with E-state index >= 15 is 0 Å². The summed E-state index contributed by atoms with van der Waals surface area (Å²) in [6, 6.07) is 14.3. The first-order valence-electron chi connectivity index (χ1n) is 10.9. The molecule has 6 nitrogen and oxygen atoms in total. The van der Waals surface area contributed by atoms with Gasteiger partial charge in [-0.1, -0.05) is 12.1 Å². The van der Waals surface area contributed by atoms with Crippen molar-refractivity contribution in [3.05, 3.63) is 53.6 Å². The van der Waals surface area contributed by atoms with Gasteiger partial charge >= 0.3 is 0 Å². The van der Waals surface area contributed by atoms with Gasteiger partial charge in [0, 0.05) is 25.1 Å². The molecule has 31 heavy (non-hydrogen) atoms. The van der Waals surface area contributed by atoms with Gasteiger partial charge in [0.2, 0.25) is 5.91 Å². The zero-order valence-corrected chi connectivity index (χ0v) is 19.0. The number of ether oxygens (including phenoxy) is 3. The van der Waals surface area contributed by atoms with E-state index < -0.39 is 0 Å². The van der Waals surface area contributed by atoms with Crippen LogP contribution in [0.3, 0.4) is 0 Å². The van der Waals surface area contributed by atoms with E-state index in [1.54, 1.807) is 21.3 Å². The third-order valence-corrected chi connectivity index (χ3v) is 6.08. The lowest BCUT2D eigenvalue weighted by Gasteiger charge is -2.39. The standard InChI is InChI=1S/C25H34N2O4/c1-27-13-5-6-20(25(27)19-8-10-21(29-2)11-9-19)17-26-24(28)12-7-18-14-22(30-3)16-23(15-18)31-4/h8-11,14-16,20,25H,5-7,12-13,17H2,1-4H3,(H,26,28). The van der Waals surface area contributed by atoms with Crippen molar-refractivity contribution in [2.75, 3.05) is 41.5 Å². The number of aryl methyl sites for hydroxylation is 1. The largest absolute Gasteiger partial charge is 0.497 e. The molecular weight excluding hydrogens is 392 g/mol. The van der Waals surface area contributed by atoms with Gasteiger partial charge in [0.1, 0.15) is 17.2 Å². The maximum absolute atomic E-state index is 12.6. The maximum atomic E-state index is 12.6. The Bertz CT molecular complexity index is 831. The number of rotatable bonds is 9. The number of carbonyl (C=O) groups is 1. The lowest BCUT2D eigenvalue weighted by atomic mass is 9.85. The molecule has 0 radical (unpaired) electrons. The smallest absolute Gasteiger partial charge is 0.220 e. The molecule has 0 saturated carbocycles. The number of carbonyl (C=O) groups excluding carboxylic acids is 1. The average Bonchev–Trinajstić information content (AvgIpc) is 2.81. The van der Waals surface area contributed by atoms with E-state index in [4.69, 9.17) is 14.2 Å². The molecule has 1 N–H and O–H groups in total. The fourth-order valence-electron chi connectivity index (χ4n) is 4.40. The number of hydrogen-bond donors (Lipinski definition) is 1. The predicted octanol–water partition coefficient (Wildman–Crippen LogP) is 3.84. The van der Waals surface area contributed by atoms with Crippen LogP contribution in [-0.2, 0) is 11.2 Å². The van der Waals surface area contributed by atoms with Gasteiger partial charge in [-0.05, 0) is 74.2 Å². The third-order valence-electron chi connectivity index (χ3n) is 6.08. The molecule has 1 heterocycles.